The zero-order valence-corrected chi connectivity index (χ0v) is 16.2. The van der Waals surface area contributed by atoms with Gasteiger partial charge in [0.05, 0.1) is 29.6 Å². The molecule has 2 aromatic carbocycles. The van der Waals surface area contributed by atoms with E-state index < -0.39 is 34.1 Å². The van der Waals surface area contributed by atoms with Crippen molar-refractivity contribution in [2.75, 3.05) is 17.7 Å². The number of nitrogens with one attached hydrogen (secondary N) is 1. The van der Waals surface area contributed by atoms with Gasteiger partial charge in [0.15, 0.2) is 16.4 Å². The van der Waals surface area contributed by atoms with Gasteiger partial charge in [-0.15, -0.1) is 0 Å². The van der Waals surface area contributed by atoms with Crippen LogP contribution in [0.3, 0.4) is 0 Å². The van der Waals surface area contributed by atoms with Crippen LogP contribution in [0, 0.1) is 18.3 Å². The van der Waals surface area contributed by atoms with Gasteiger partial charge < -0.3 is 10.1 Å². The highest BCUT2D eigenvalue weighted by Crippen LogP contribution is 2.13. The second-order valence-electron chi connectivity index (χ2n) is 6.12. The van der Waals surface area contributed by atoms with Crippen molar-refractivity contribution in [1.82, 2.24) is 0 Å². The van der Waals surface area contributed by atoms with Crippen molar-refractivity contribution in [1.29, 1.82) is 5.26 Å². The number of nitriles is 1. The molecular weight excluding hydrogens is 380 g/mol. The van der Waals surface area contributed by atoms with E-state index in [4.69, 9.17) is 10.00 Å². The molecule has 28 heavy (non-hydrogen) atoms. The van der Waals surface area contributed by atoms with Crippen molar-refractivity contribution in [3.63, 3.8) is 0 Å². The van der Waals surface area contributed by atoms with Crippen LogP contribution in [0.25, 0.3) is 0 Å². The maximum atomic E-state index is 12.2. The highest BCUT2D eigenvalue weighted by atomic mass is 32.2. The lowest BCUT2D eigenvalue weighted by atomic mass is 10.1. The number of ether oxygens (including phenoxy) is 1. The minimum Gasteiger partial charge on any atom is -0.456 e. The van der Waals surface area contributed by atoms with Crippen molar-refractivity contribution in [2.45, 2.75) is 24.7 Å². The summed E-state index contributed by atoms with van der Waals surface area (Å²) in [4.78, 5) is 23.7. The Morgan fingerprint density at radius 2 is 1.71 bits per heavy atom. The van der Waals surface area contributed by atoms with Crippen LogP contribution < -0.4 is 5.32 Å². The van der Waals surface area contributed by atoms with Crippen LogP contribution in [0.4, 0.5) is 5.69 Å². The molecule has 146 valence electrons. The number of rotatable bonds is 8. The number of esters is 1. The summed E-state index contributed by atoms with van der Waals surface area (Å²) in [7, 11) is -3.59. The van der Waals surface area contributed by atoms with Gasteiger partial charge in [-0.3, -0.25) is 9.59 Å². The number of nitrogens with zero attached hydrogens (tertiary/aromatic N) is 1. The first-order valence-electron chi connectivity index (χ1n) is 8.51. The Hall–Kier alpha value is -3.18. The number of amides is 1. The average molecular weight is 400 g/mol. The standard InChI is InChI=1S/C20H20N2O5S/c1-15-2-8-18(9-3-15)28(25,26)13-11-20(24)27-14-19(23)22-17-6-4-16(5-7-17)10-12-21/h2-9H,10-11,13-14H2,1H3,(H,22,23). The first-order chi connectivity index (χ1) is 13.3. The zero-order chi connectivity index (χ0) is 20.6. The van der Waals surface area contributed by atoms with Crippen LogP contribution in [0.5, 0.6) is 0 Å². The van der Waals surface area contributed by atoms with Crippen molar-refractivity contribution < 1.29 is 22.7 Å². The smallest absolute Gasteiger partial charge is 0.307 e. The number of sulfone groups is 1. The Kier molecular flexibility index (Phi) is 7.29. The summed E-state index contributed by atoms with van der Waals surface area (Å²) in [6.07, 6.45) is -0.0658. The van der Waals surface area contributed by atoms with Gasteiger partial charge in [0, 0.05) is 5.69 Å². The lowest BCUT2D eigenvalue weighted by Crippen LogP contribution is -2.22. The van der Waals surface area contributed by atoms with Gasteiger partial charge in [-0.25, -0.2) is 8.42 Å². The third-order valence-electron chi connectivity index (χ3n) is 3.84. The molecule has 0 saturated carbocycles. The molecule has 1 N–H and O–H groups in total. The molecule has 0 radical (unpaired) electrons. The van der Waals surface area contributed by atoms with Crippen LogP contribution in [0.15, 0.2) is 53.4 Å². The number of hydrogen-bond donors (Lipinski definition) is 1. The van der Waals surface area contributed by atoms with Crippen LogP contribution in [0.1, 0.15) is 17.5 Å². The maximum absolute atomic E-state index is 12.2. The average Bonchev–Trinajstić information content (AvgIpc) is 2.67. The fourth-order valence-electron chi connectivity index (χ4n) is 2.29. The summed E-state index contributed by atoms with van der Waals surface area (Å²) in [6.45, 7) is 1.34. The Morgan fingerprint density at radius 1 is 1.07 bits per heavy atom. The molecule has 0 saturated heterocycles. The first-order valence-corrected chi connectivity index (χ1v) is 10.2. The Bertz CT molecular complexity index is 975. The van der Waals surface area contributed by atoms with Crippen LogP contribution >= 0.6 is 0 Å². The van der Waals surface area contributed by atoms with E-state index in [1.807, 2.05) is 13.0 Å². The fraction of sp³-hybridized carbons (Fsp3) is 0.250. The number of hydrogen-bond acceptors (Lipinski definition) is 6. The van der Waals surface area contributed by atoms with Crippen LogP contribution in [-0.4, -0.2) is 32.7 Å². The molecule has 0 aliphatic heterocycles. The highest BCUT2D eigenvalue weighted by molar-refractivity contribution is 7.91. The SMILES string of the molecule is Cc1ccc(S(=O)(=O)CCC(=O)OCC(=O)Nc2ccc(CC#N)cc2)cc1. The van der Waals surface area contributed by atoms with Crippen molar-refractivity contribution in [3.8, 4) is 6.07 Å². The number of carbonyl (C=O) groups excluding carboxylic acids is 2. The summed E-state index contributed by atoms with van der Waals surface area (Å²) in [6, 6.07) is 15.1. The molecule has 0 bridgehead atoms. The Morgan fingerprint density at radius 3 is 2.32 bits per heavy atom. The minimum atomic E-state index is -3.59. The molecule has 0 aliphatic rings. The van der Waals surface area contributed by atoms with E-state index in [1.165, 1.54) is 12.1 Å². The van der Waals surface area contributed by atoms with Gasteiger partial charge in [-0.1, -0.05) is 29.8 Å². The lowest BCUT2D eigenvalue weighted by molar-refractivity contribution is -0.146. The number of anilines is 1. The van der Waals surface area contributed by atoms with Gasteiger partial charge >= 0.3 is 5.97 Å². The quantitative estimate of drug-likeness (QED) is 0.681. The third-order valence-corrected chi connectivity index (χ3v) is 5.57. The van der Waals surface area contributed by atoms with Gasteiger partial charge in [-0.05, 0) is 36.8 Å². The summed E-state index contributed by atoms with van der Waals surface area (Å²) >= 11 is 0. The predicted octanol–water partition coefficient (Wildman–Crippen LogP) is 2.41. The van der Waals surface area contributed by atoms with Gasteiger partial charge in [-0.2, -0.15) is 5.26 Å². The highest BCUT2D eigenvalue weighted by Gasteiger charge is 2.17. The topological polar surface area (TPSA) is 113 Å². The van der Waals surface area contributed by atoms with E-state index in [-0.39, 0.29) is 17.7 Å². The largest absolute Gasteiger partial charge is 0.456 e. The van der Waals surface area contributed by atoms with Crippen molar-refractivity contribution in [2.24, 2.45) is 0 Å². The second-order valence-corrected chi connectivity index (χ2v) is 8.23. The van der Waals surface area contributed by atoms with Crippen molar-refractivity contribution >= 4 is 27.4 Å². The van der Waals surface area contributed by atoms with Gasteiger partial charge in [0.25, 0.3) is 5.91 Å². The summed E-state index contributed by atoms with van der Waals surface area (Å²) < 4.78 is 29.2. The maximum Gasteiger partial charge on any atom is 0.307 e. The lowest BCUT2D eigenvalue weighted by Gasteiger charge is -2.08. The van der Waals surface area contributed by atoms with Crippen LogP contribution in [-0.2, 0) is 30.6 Å². The van der Waals surface area contributed by atoms with Crippen LogP contribution in [0.2, 0.25) is 0 Å². The van der Waals surface area contributed by atoms with E-state index in [9.17, 15) is 18.0 Å². The molecule has 8 heteroatoms. The summed E-state index contributed by atoms with van der Waals surface area (Å²) in [5, 5.41) is 11.2. The second kappa shape index (κ2) is 9.67. The molecule has 0 fully saturated rings. The van der Waals surface area contributed by atoms with Crippen molar-refractivity contribution in [3.05, 3.63) is 59.7 Å². The first kappa shape index (κ1) is 21.1. The number of benzene rings is 2. The molecule has 0 spiro atoms. The molecule has 0 aliphatic carbocycles. The van der Waals surface area contributed by atoms with Gasteiger partial charge in [0.1, 0.15) is 0 Å². The predicted molar refractivity (Wildman–Crippen MR) is 103 cm³/mol. The van der Waals surface area contributed by atoms with Gasteiger partial charge in [0.2, 0.25) is 0 Å². The zero-order valence-electron chi connectivity index (χ0n) is 15.3. The van der Waals surface area contributed by atoms with E-state index in [1.54, 1.807) is 36.4 Å². The van der Waals surface area contributed by atoms with E-state index in [0.717, 1.165) is 11.1 Å². The molecule has 7 nitrogen and oxygen atoms in total. The summed E-state index contributed by atoms with van der Waals surface area (Å²) in [5.74, 6) is -1.70. The molecular formula is C20H20N2O5S. The molecule has 0 unspecified atom stereocenters. The normalized spacial score (nSPS) is 10.7. The molecule has 0 atom stereocenters. The third kappa shape index (κ3) is 6.52. The Balaban J connectivity index is 1.77. The fourth-order valence-corrected chi connectivity index (χ4v) is 3.52. The van der Waals surface area contributed by atoms with E-state index in [2.05, 4.69) is 5.32 Å². The number of carbonyl (C=O) groups is 2. The molecule has 1 amide bonds. The Labute approximate surface area is 163 Å². The molecule has 2 rings (SSSR count). The number of aryl methyl sites for hydroxylation is 1. The minimum absolute atomic E-state index is 0.142. The van der Waals surface area contributed by atoms with E-state index in [0.29, 0.717) is 5.69 Å². The monoisotopic (exact) mass is 400 g/mol. The molecule has 2 aromatic rings. The summed E-state index contributed by atoms with van der Waals surface area (Å²) in [5.41, 5.74) is 2.26. The van der Waals surface area contributed by atoms with E-state index >= 15 is 0 Å². The molecule has 0 heterocycles. The molecule has 0 aromatic heterocycles.